The van der Waals surface area contributed by atoms with Crippen LogP contribution < -0.4 is 0 Å². The number of pyridine rings is 1. The van der Waals surface area contributed by atoms with Gasteiger partial charge in [0.1, 0.15) is 5.65 Å². The first-order chi connectivity index (χ1) is 7.41. The van der Waals surface area contributed by atoms with Gasteiger partial charge in [-0.05, 0) is 17.7 Å². The zero-order valence-corrected chi connectivity index (χ0v) is 7.69. The number of aromatic nitrogens is 2. The third-order valence-electron chi connectivity index (χ3n) is 1.90. The Hall–Kier alpha value is -1.55. The van der Waals surface area contributed by atoms with Crippen LogP contribution in [0.25, 0.3) is 11.0 Å². The van der Waals surface area contributed by atoms with Crippen molar-refractivity contribution in [2.24, 2.45) is 0 Å². The maximum Gasteiger partial charge on any atom is 0.417 e. The minimum atomic E-state index is -2.05. The van der Waals surface area contributed by atoms with Crippen molar-refractivity contribution < 1.29 is 12.6 Å². The van der Waals surface area contributed by atoms with E-state index < -0.39 is 11.9 Å². The highest BCUT2D eigenvalue weighted by Crippen LogP contribution is 2.19. The Morgan fingerprint density at radius 2 is 2.50 bits per heavy atom. The van der Waals surface area contributed by atoms with Gasteiger partial charge < -0.3 is 5.11 Å². The SMILES string of the molecule is [2H]C([2H])(Cl)c1ccnc2c1ccn2C(=O)O. The molecule has 0 atom stereocenters. The van der Waals surface area contributed by atoms with Gasteiger partial charge in [0.2, 0.25) is 0 Å². The van der Waals surface area contributed by atoms with Gasteiger partial charge in [0.05, 0.1) is 0 Å². The van der Waals surface area contributed by atoms with Crippen LogP contribution in [0.4, 0.5) is 4.79 Å². The number of carboxylic acid groups (broad SMARTS) is 1. The Kier molecular flexibility index (Phi) is 1.61. The molecule has 0 aliphatic heterocycles. The van der Waals surface area contributed by atoms with Crippen molar-refractivity contribution in [3.63, 3.8) is 0 Å². The van der Waals surface area contributed by atoms with E-state index in [9.17, 15) is 4.79 Å². The van der Waals surface area contributed by atoms with E-state index >= 15 is 0 Å². The van der Waals surface area contributed by atoms with Crippen LogP contribution >= 0.6 is 11.6 Å². The molecule has 2 heterocycles. The average Bonchev–Trinajstić information content (AvgIpc) is 2.58. The molecule has 72 valence electrons. The van der Waals surface area contributed by atoms with Gasteiger partial charge >= 0.3 is 6.09 Å². The normalized spacial score (nSPS) is 13.8. The quantitative estimate of drug-likeness (QED) is 0.738. The van der Waals surface area contributed by atoms with Gasteiger partial charge in [-0.1, -0.05) is 0 Å². The predicted molar refractivity (Wildman–Crippen MR) is 52.7 cm³/mol. The van der Waals surface area contributed by atoms with E-state index in [2.05, 4.69) is 4.98 Å². The van der Waals surface area contributed by atoms with Crippen LogP contribution in [-0.2, 0) is 5.83 Å². The second kappa shape index (κ2) is 3.31. The van der Waals surface area contributed by atoms with Crippen LogP contribution in [0, 0.1) is 0 Å². The molecule has 0 aliphatic carbocycles. The van der Waals surface area contributed by atoms with Crippen molar-refractivity contribution in [2.45, 2.75) is 5.83 Å². The monoisotopic (exact) mass is 212 g/mol. The second-order valence-corrected chi connectivity index (χ2v) is 2.85. The van der Waals surface area contributed by atoms with E-state index in [4.69, 9.17) is 19.4 Å². The van der Waals surface area contributed by atoms with Gasteiger partial charge in [0.15, 0.2) is 0 Å². The third kappa shape index (κ3) is 1.24. The summed E-state index contributed by atoms with van der Waals surface area (Å²) >= 11 is 5.58. The molecular weight excluding hydrogens is 204 g/mol. The van der Waals surface area contributed by atoms with Gasteiger partial charge in [-0.15, -0.1) is 11.6 Å². The van der Waals surface area contributed by atoms with E-state index in [0.29, 0.717) is 5.39 Å². The summed E-state index contributed by atoms with van der Waals surface area (Å²) < 4.78 is 15.8. The highest BCUT2D eigenvalue weighted by molar-refractivity contribution is 6.18. The fraction of sp³-hybridized carbons (Fsp3) is 0.111. The average molecular weight is 213 g/mol. The minimum Gasteiger partial charge on any atom is -0.464 e. The first kappa shape index (κ1) is 6.84. The summed E-state index contributed by atoms with van der Waals surface area (Å²) in [7, 11) is 0. The summed E-state index contributed by atoms with van der Waals surface area (Å²) in [5.74, 6) is -2.05. The Balaban J connectivity index is 2.77. The molecule has 0 spiro atoms. The maximum atomic E-state index is 10.8. The van der Waals surface area contributed by atoms with Gasteiger partial charge in [0, 0.05) is 26.4 Å². The number of hydrogen-bond donors (Lipinski definition) is 1. The number of hydrogen-bond acceptors (Lipinski definition) is 2. The lowest BCUT2D eigenvalue weighted by Crippen LogP contribution is -2.06. The van der Waals surface area contributed by atoms with Crippen LogP contribution in [0.2, 0.25) is 0 Å². The molecule has 0 fully saturated rings. The summed E-state index contributed by atoms with van der Waals surface area (Å²) in [5, 5.41) is 9.26. The molecule has 0 aromatic carbocycles. The summed E-state index contributed by atoms with van der Waals surface area (Å²) in [6.07, 6.45) is 1.47. The standard InChI is InChI=1S/C9H7ClN2O2/c10-5-6-1-3-11-8-7(6)2-4-12(8)9(13)14/h1-4H,5H2,(H,13,14)/i5D2. The van der Waals surface area contributed by atoms with Gasteiger partial charge in [0.25, 0.3) is 0 Å². The molecular formula is C9H7ClN2O2. The molecule has 0 bridgehead atoms. The maximum absolute atomic E-state index is 10.8. The van der Waals surface area contributed by atoms with Crippen molar-refractivity contribution in [1.29, 1.82) is 0 Å². The van der Waals surface area contributed by atoms with Crippen molar-refractivity contribution in [1.82, 2.24) is 9.55 Å². The van der Waals surface area contributed by atoms with Gasteiger partial charge in [-0.2, -0.15) is 0 Å². The summed E-state index contributed by atoms with van der Waals surface area (Å²) in [5.41, 5.74) is 0.383. The topological polar surface area (TPSA) is 55.1 Å². The molecule has 0 amide bonds. The fourth-order valence-electron chi connectivity index (χ4n) is 1.27. The van der Waals surface area contributed by atoms with Crippen molar-refractivity contribution in [2.75, 3.05) is 0 Å². The molecule has 5 heteroatoms. The Morgan fingerprint density at radius 3 is 3.14 bits per heavy atom. The van der Waals surface area contributed by atoms with Crippen LogP contribution in [0.3, 0.4) is 0 Å². The number of fused-ring (bicyclic) bond motifs is 1. The van der Waals surface area contributed by atoms with Crippen molar-refractivity contribution in [3.8, 4) is 0 Å². The van der Waals surface area contributed by atoms with E-state index in [1.54, 1.807) is 0 Å². The fourth-order valence-corrected chi connectivity index (χ4v) is 1.44. The summed E-state index contributed by atoms with van der Waals surface area (Å²) in [6, 6.07) is 2.91. The van der Waals surface area contributed by atoms with E-state index in [1.807, 2.05) is 0 Å². The number of halogens is 1. The highest BCUT2D eigenvalue weighted by Gasteiger charge is 2.09. The largest absolute Gasteiger partial charge is 0.464 e. The first-order valence-electron chi connectivity index (χ1n) is 4.80. The van der Waals surface area contributed by atoms with Crippen molar-refractivity contribution in [3.05, 3.63) is 30.1 Å². The number of rotatable bonds is 1. The molecule has 14 heavy (non-hydrogen) atoms. The molecule has 0 saturated carbocycles. The molecule has 2 aromatic heterocycles. The van der Waals surface area contributed by atoms with E-state index in [-0.39, 0.29) is 11.2 Å². The zero-order chi connectivity index (χ0) is 11.9. The summed E-state index contributed by atoms with van der Waals surface area (Å²) in [6.45, 7) is 0. The van der Waals surface area contributed by atoms with Crippen LogP contribution in [0.15, 0.2) is 24.5 Å². The smallest absolute Gasteiger partial charge is 0.417 e. The lowest BCUT2D eigenvalue weighted by atomic mass is 10.2. The molecule has 2 aromatic rings. The van der Waals surface area contributed by atoms with Crippen molar-refractivity contribution >= 4 is 28.7 Å². The van der Waals surface area contributed by atoms with Crippen LogP contribution in [0.1, 0.15) is 8.30 Å². The number of alkyl halides is 1. The summed E-state index contributed by atoms with van der Waals surface area (Å²) in [4.78, 5) is 14.7. The molecule has 0 radical (unpaired) electrons. The van der Waals surface area contributed by atoms with Crippen LogP contribution in [-0.4, -0.2) is 20.8 Å². The Morgan fingerprint density at radius 1 is 1.71 bits per heavy atom. The zero-order valence-electron chi connectivity index (χ0n) is 8.94. The third-order valence-corrected chi connectivity index (χ3v) is 2.10. The van der Waals surface area contributed by atoms with E-state index in [1.165, 1.54) is 24.5 Å². The van der Waals surface area contributed by atoms with Gasteiger partial charge in [-0.3, -0.25) is 0 Å². The molecule has 0 unspecified atom stereocenters. The first-order valence-corrected chi connectivity index (χ1v) is 4.18. The lowest BCUT2D eigenvalue weighted by molar-refractivity contribution is 0.197. The van der Waals surface area contributed by atoms with E-state index in [0.717, 1.165) is 4.57 Å². The minimum absolute atomic E-state index is 0.175. The Labute approximate surface area is 87.6 Å². The molecule has 1 N–H and O–H groups in total. The number of carbonyl (C=O) groups is 1. The molecule has 0 saturated heterocycles. The molecule has 0 aliphatic rings. The number of nitrogens with zero attached hydrogens (tertiary/aromatic N) is 2. The Bertz CT molecular complexity index is 562. The lowest BCUT2D eigenvalue weighted by Gasteiger charge is -1.99. The molecule has 4 nitrogen and oxygen atoms in total. The molecule has 2 rings (SSSR count). The van der Waals surface area contributed by atoms with Gasteiger partial charge in [-0.25, -0.2) is 14.3 Å². The highest BCUT2D eigenvalue weighted by atomic mass is 35.5. The second-order valence-electron chi connectivity index (χ2n) is 2.66. The van der Waals surface area contributed by atoms with Crippen LogP contribution in [0.5, 0.6) is 0 Å². The predicted octanol–water partition coefficient (Wildman–Crippen LogP) is 2.30.